The Morgan fingerprint density at radius 3 is 2.62 bits per heavy atom. The van der Waals surface area contributed by atoms with Crippen LogP contribution < -0.4 is 5.32 Å². The molecule has 1 N–H and O–H groups in total. The topological polar surface area (TPSA) is 73.9 Å². The Kier molecular flexibility index (Phi) is 8.30. The summed E-state index contributed by atoms with van der Waals surface area (Å²) in [6.07, 6.45) is 3.09. The predicted octanol–water partition coefficient (Wildman–Crippen LogP) is 1.42. The smallest absolute Gasteiger partial charge is 0.335 e. The molecule has 0 radical (unpaired) electrons. The van der Waals surface area contributed by atoms with E-state index in [1.54, 1.807) is 6.92 Å². The van der Waals surface area contributed by atoms with Crippen LogP contribution in [0.5, 0.6) is 0 Å². The van der Waals surface area contributed by atoms with Crippen LogP contribution >= 0.6 is 0 Å². The van der Waals surface area contributed by atoms with Gasteiger partial charge in [0.2, 0.25) is 0 Å². The molecule has 0 bridgehead atoms. The van der Waals surface area contributed by atoms with Gasteiger partial charge in [0.1, 0.15) is 0 Å². The highest BCUT2D eigenvalue weighted by Crippen LogP contribution is 2.12. The second-order valence-corrected chi connectivity index (χ2v) is 5.30. The average Bonchev–Trinajstić information content (AvgIpc) is 3.01. The summed E-state index contributed by atoms with van der Waals surface area (Å²) in [7, 11) is 0. The van der Waals surface area contributed by atoms with Crippen molar-refractivity contribution < 1.29 is 23.8 Å². The lowest BCUT2D eigenvalue weighted by Gasteiger charge is -2.17. The van der Waals surface area contributed by atoms with Crippen LogP contribution in [-0.2, 0) is 23.8 Å². The van der Waals surface area contributed by atoms with Gasteiger partial charge in [0.25, 0.3) is 5.91 Å². The van der Waals surface area contributed by atoms with Crippen LogP contribution in [0.1, 0.15) is 46.5 Å². The lowest BCUT2D eigenvalue weighted by atomic mass is 10.2. The summed E-state index contributed by atoms with van der Waals surface area (Å²) in [6, 6.07) is 0.129. The average molecular weight is 301 g/mol. The van der Waals surface area contributed by atoms with E-state index in [9.17, 15) is 9.59 Å². The number of carbonyl (C=O) groups excluding carboxylic acids is 2. The van der Waals surface area contributed by atoms with Gasteiger partial charge in [-0.3, -0.25) is 4.79 Å². The van der Waals surface area contributed by atoms with E-state index in [2.05, 4.69) is 5.32 Å². The van der Waals surface area contributed by atoms with E-state index in [4.69, 9.17) is 14.2 Å². The minimum atomic E-state index is -0.685. The zero-order chi connectivity index (χ0) is 15.7. The maximum Gasteiger partial charge on any atom is 0.335 e. The minimum Gasteiger partial charge on any atom is -0.454 e. The molecule has 1 fully saturated rings. The van der Waals surface area contributed by atoms with Gasteiger partial charge >= 0.3 is 5.97 Å². The minimum absolute atomic E-state index is 0.0680. The molecule has 0 spiro atoms. The molecule has 1 amide bonds. The van der Waals surface area contributed by atoms with Crippen LogP contribution in [0.25, 0.3) is 0 Å². The molecule has 0 aromatic rings. The van der Waals surface area contributed by atoms with Crippen molar-refractivity contribution in [2.45, 2.75) is 64.7 Å². The molecule has 2 atom stereocenters. The second kappa shape index (κ2) is 9.73. The van der Waals surface area contributed by atoms with Gasteiger partial charge in [-0.25, -0.2) is 4.79 Å². The van der Waals surface area contributed by atoms with Gasteiger partial charge in [0.15, 0.2) is 12.7 Å². The maximum absolute atomic E-state index is 11.7. The van der Waals surface area contributed by atoms with Crippen molar-refractivity contribution in [2.75, 3.05) is 19.8 Å². The fourth-order valence-electron chi connectivity index (χ4n) is 2.11. The van der Waals surface area contributed by atoms with Crippen LogP contribution in [0.2, 0.25) is 0 Å². The van der Waals surface area contributed by atoms with Crippen molar-refractivity contribution in [2.24, 2.45) is 0 Å². The van der Waals surface area contributed by atoms with Gasteiger partial charge in [-0.1, -0.05) is 13.8 Å². The Morgan fingerprint density at radius 2 is 2.05 bits per heavy atom. The third-order valence-corrected chi connectivity index (χ3v) is 3.58. The Balaban J connectivity index is 2.17. The molecule has 122 valence electrons. The molecular weight excluding hydrogens is 274 g/mol. The molecular formula is C15H27NO5. The number of nitrogens with one attached hydrogen (secondary N) is 1. The Morgan fingerprint density at radius 1 is 1.33 bits per heavy atom. The Labute approximate surface area is 126 Å². The number of hydrogen-bond acceptors (Lipinski definition) is 5. The van der Waals surface area contributed by atoms with E-state index in [1.165, 1.54) is 0 Å². The molecule has 0 aliphatic carbocycles. The van der Waals surface area contributed by atoms with Crippen LogP contribution in [-0.4, -0.2) is 49.9 Å². The lowest BCUT2D eigenvalue weighted by molar-refractivity contribution is -0.160. The summed E-state index contributed by atoms with van der Waals surface area (Å²) in [5.74, 6) is -0.795. The first-order valence-corrected chi connectivity index (χ1v) is 7.76. The normalized spacial score (nSPS) is 19.5. The molecule has 1 heterocycles. The third-order valence-electron chi connectivity index (χ3n) is 3.58. The molecule has 1 aliphatic heterocycles. The highest BCUT2D eigenvalue weighted by molar-refractivity contribution is 5.82. The molecule has 2 unspecified atom stereocenters. The molecule has 21 heavy (non-hydrogen) atoms. The first-order chi connectivity index (χ1) is 10.1. The fourth-order valence-corrected chi connectivity index (χ4v) is 2.11. The standard InChI is InChI=1S/C15H27NO5/c1-4-12(5-2)16-14(17)10-21-15(18)11(3)20-9-13-7-6-8-19-13/h11-13H,4-10H2,1-3H3,(H,16,17). The quantitative estimate of drug-likeness (QED) is 0.652. The van der Waals surface area contributed by atoms with Crippen molar-refractivity contribution in [1.82, 2.24) is 5.32 Å². The molecule has 6 heteroatoms. The van der Waals surface area contributed by atoms with Gasteiger partial charge in [0, 0.05) is 12.6 Å². The Bertz CT molecular complexity index is 324. The van der Waals surface area contributed by atoms with Crippen molar-refractivity contribution >= 4 is 11.9 Å². The van der Waals surface area contributed by atoms with Gasteiger partial charge in [0.05, 0.1) is 12.7 Å². The lowest BCUT2D eigenvalue weighted by Crippen LogP contribution is -2.38. The van der Waals surface area contributed by atoms with E-state index < -0.39 is 12.1 Å². The van der Waals surface area contributed by atoms with Crippen molar-refractivity contribution in [3.05, 3.63) is 0 Å². The van der Waals surface area contributed by atoms with Crippen molar-refractivity contribution in [1.29, 1.82) is 0 Å². The summed E-state index contributed by atoms with van der Waals surface area (Å²) in [5.41, 5.74) is 0. The van der Waals surface area contributed by atoms with Crippen LogP contribution in [0.4, 0.5) is 0 Å². The second-order valence-electron chi connectivity index (χ2n) is 5.30. The monoisotopic (exact) mass is 301 g/mol. The number of rotatable bonds is 9. The molecule has 0 aromatic carbocycles. The fraction of sp³-hybridized carbons (Fsp3) is 0.867. The summed E-state index contributed by atoms with van der Waals surface area (Å²) in [6.45, 7) is 6.50. The number of amides is 1. The number of ether oxygens (including phenoxy) is 3. The third kappa shape index (κ3) is 6.91. The first kappa shape index (κ1) is 17.9. The van der Waals surface area contributed by atoms with Crippen molar-refractivity contribution in [3.63, 3.8) is 0 Å². The van der Waals surface area contributed by atoms with E-state index in [-0.39, 0.29) is 24.7 Å². The van der Waals surface area contributed by atoms with E-state index >= 15 is 0 Å². The van der Waals surface area contributed by atoms with Gasteiger partial charge in [-0.15, -0.1) is 0 Å². The molecule has 1 rings (SSSR count). The summed E-state index contributed by atoms with van der Waals surface area (Å²) in [5, 5.41) is 2.81. The Hall–Kier alpha value is -1.14. The summed E-state index contributed by atoms with van der Waals surface area (Å²) >= 11 is 0. The van der Waals surface area contributed by atoms with Crippen LogP contribution in [0.15, 0.2) is 0 Å². The molecule has 6 nitrogen and oxygen atoms in total. The highest BCUT2D eigenvalue weighted by Gasteiger charge is 2.21. The SMILES string of the molecule is CCC(CC)NC(=O)COC(=O)C(C)OCC1CCCO1. The zero-order valence-corrected chi connectivity index (χ0v) is 13.2. The van der Waals surface area contributed by atoms with Crippen LogP contribution in [0, 0.1) is 0 Å². The van der Waals surface area contributed by atoms with Crippen molar-refractivity contribution in [3.8, 4) is 0 Å². The number of carbonyl (C=O) groups is 2. The molecule has 0 saturated carbocycles. The van der Waals surface area contributed by atoms with Gasteiger partial charge < -0.3 is 19.5 Å². The zero-order valence-electron chi connectivity index (χ0n) is 13.2. The highest BCUT2D eigenvalue weighted by atomic mass is 16.6. The van der Waals surface area contributed by atoms with E-state index in [1.807, 2.05) is 13.8 Å². The summed E-state index contributed by atoms with van der Waals surface area (Å²) < 4.78 is 15.8. The van der Waals surface area contributed by atoms with Gasteiger partial charge in [-0.2, -0.15) is 0 Å². The number of hydrogen-bond donors (Lipinski definition) is 1. The predicted molar refractivity (Wildman–Crippen MR) is 77.9 cm³/mol. The van der Waals surface area contributed by atoms with E-state index in [0.717, 1.165) is 32.3 Å². The summed E-state index contributed by atoms with van der Waals surface area (Å²) in [4.78, 5) is 23.3. The largest absolute Gasteiger partial charge is 0.454 e. The maximum atomic E-state index is 11.7. The number of esters is 1. The van der Waals surface area contributed by atoms with Gasteiger partial charge in [-0.05, 0) is 32.6 Å². The molecule has 0 aromatic heterocycles. The molecule has 1 aliphatic rings. The van der Waals surface area contributed by atoms with E-state index in [0.29, 0.717) is 6.61 Å². The molecule has 1 saturated heterocycles. The van der Waals surface area contributed by atoms with Crippen LogP contribution in [0.3, 0.4) is 0 Å². The first-order valence-electron chi connectivity index (χ1n) is 7.76.